The van der Waals surface area contributed by atoms with E-state index < -0.39 is 0 Å². The van der Waals surface area contributed by atoms with Crippen molar-refractivity contribution in [2.45, 2.75) is 0 Å². The molecule has 4 heteroatoms. The molecular weight excluding hydrogens is 675 g/mol. The second-order valence-corrected chi connectivity index (χ2v) is 15.5. The van der Waals surface area contributed by atoms with E-state index in [0.717, 1.165) is 5.69 Å². The number of hydrogen-bond acceptors (Lipinski definition) is 1. The Morgan fingerprint density at radius 2 is 0.907 bits per heavy atom. The Labute approximate surface area is 313 Å². The van der Waals surface area contributed by atoms with Crippen LogP contribution in [0.5, 0.6) is 0 Å². The van der Waals surface area contributed by atoms with E-state index in [0.29, 0.717) is 0 Å². The molecule has 9 aromatic carbocycles. The molecule has 0 saturated carbocycles. The number of para-hydroxylation sites is 2. The minimum atomic E-state index is 1.16. The van der Waals surface area contributed by atoms with Gasteiger partial charge in [0.25, 0.3) is 0 Å². The van der Waals surface area contributed by atoms with Crippen LogP contribution in [-0.4, -0.2) is 13.7 Å². The van der Waals surface area contributed by atoms with Crippen molar-refractivity contribution in [3.63, 3.8) is 0 Å². The number of hydrogen-bond donors (Lipinski definition) is 0. The second kappa shape index (κ2) is 10.4. The summed E-state index contributed by atoms with van der Waals surface area (Å²) >= 11 is 1.89. The van der Waals surface area contributed by atoms with Gasteiger partial charge in [0.2, 0.25) is 0 Å². The Morgan fingerprint density at radius 1 is 0.333 bits per heavy atom. The van der Waals surface area contributed by atoms with Gasteiger partial charge in [-0.15, -0.1) is 11.3 Å². The molecule has 11 aromatic rings. The van der Waals surface area contributed by atoms with Gasteiger partial charge < -0.3 is 13.7 Å². The van der Waals surface area contributed by atoms with E-state index in [1.807, 2.05) is 11.3 Å². The molecule has 13 rings (SSSR count). The minimum absolute atomic E-state index is 1.16. The number of pyridine rings is 2. The van der Waals surface area contributed by atoms with Crippen LogP contribution in [0.25, 0.3) is 114 Å². The normalized spacial score (nSPS) is 12.4. The average molecular weight is 704 g/mol. The van der Waals surface area contributed by atoms with Crippen molar-refractivity contribution in [3.8, 4) is 28.2 Å². The highest BCUT2D eigenvalue weighted by molar-refractivity contribution is 7.26. The van der Waals surface area contributed by atoms with Crippen LogP contribution in [0.4, 0.5) is 0 Å². The molecule has 0 fully saturated rings. The fourth-order valence-corrected chi connectivity index (χ4v) is 10.8. The largest absolute Gasteiger partial charge is 0.309 e. The van der Waals surface area contributed by atoms with E-state index >= 15 is 0 Å². The van der Waals surface area contributed by atoms with Crippen molar-refractivity contribution in [3.05, 3.63) is 176 Å². The molecule has 0 bridgehead atoms. The zero-order chi connectivity index (χ0) is 35.1. The van der Waals surface area contributed by atoms with Gasteiger partial charge in [-0.05, 0) is 83.6 Å². The first kappa shape index (κ1) is 28.7. The quantitative estimate of drug-likeness (QED) is 0.129. The first-order valence-electron chi connectivity index (χ1n) is 18.5. The third-order valence-corrected chi connectivity index (χ3v) is 13.0. The number of rotatable bonds is 3. The van der Waals surface area contributed by atoms with Crippen LogP contribution in [0.3, 0.4) is 0 Å². The number of aromatic nitrogens is 3. The maximum atomic E-state index is 2.54. The highest BCUT2D eigenvalue weighted by Crippen LogP contribution is 2.50. The maximum absolute atomic E-state index is 2.54. The Morgan fingerprint density at radius 3 is 1.70 bits per heavy atom. The predicted octanol–water partition coefficient (Wildman–Crippen LogP) is 13.9. The highest BCUT2D eigenvalue weighted by atomic mass is 32.1. The van der Waals surface area contributed by atoms with Crippen LogP contribution in [0.1, 0.15) is 0 Å². The van der Waals surface area contributed by atoms with Crippen LogP contribution in [0.2, 0.25) is 0 Å². The molecule has 4 heterocycles. The number of fused-ring (bicyclic) bond motifs is 6. The molecule has 54 heavy (non-hydrogen) atoms. The molecule has 0 unspecified atom stereocenters. The van der Waals surface area contributed by atoms with Gasteiger partial charge in [-0.2, -0.15) is 0 Å². The second-order valence-electron chi connectivity index (χ2n) is 14.5. The van der Waals surface area contributed by atoms with E-state index in [1.54, 1.807) is 0 Å². The van der Waals surface area contributed by atoms with Gasteiger partial charge >= 0.3 is 0 Å². The third kappa shape index (κ3) is 3.60. The Kier molecular flexibility index (Phi) is 5.51. The topological polar surface area (TPSA) is 14.8 Å². The summed E-state index contributed by atoms with van der Waals surface area (Å²) in [5.74, 6) is 0. The van der Waals surface area contributed by atoms with Crippen molar-refractivity contribution in [2.24, 2.45) is 0 Å². The van der Waals surface area contributed by atoms with Crippen LogP contribution in [0, 0.1) is 0 Å². The molecule has 2 aliphatic heterocycles. The summed E-state index contributed by atoms with van der Waals surface area (Å²) in [7, 11) is 0. The van der Waals surface area contributed by atoms with Gasteiger partial charge in [0.05, 0.1) is 43.5 Å². The zero-order valence-electron chi connectivity index (χ0n) is 29.0. The van der Waals surface area contributed by atoms with Gasteiger partial charge in [0, 0.05) is 59.5 Å². The van der Waals surface area contributed by atoms with Crippen LogP contribution in [-0.2, 0) is 0 Å². The lowest BCUT2D eigenvalue weighted by molar-refractivity contribution is 1.15. The van der Waals surface area contributed by atoms with Crippen LogP contribution >= 0.6 is 11.3 Å². The summed E-state index contributed by atoms with van der Waals surface area (Å²) in [4.78, 5) is 0. The lowest BCUT2D eigenvalue weighted by Gasteiger charge is -2.29. The first-order valence-corrected chi connectivity index (χ1v) is 19.3. The summed E-state index contributed by atoms with van der Waals surface area (Å²) in [6, 6.07) is 65.1. The fraction of sp³-hybridized carbons (Fsp3) is 0. The molecule has 0 amide bonds. The third-order valence-electron chi connectivity index (χ3n) is 11.8. The molecule has 0 saturated heterocycles. The maximum Gasteiger partial charge on any atom is 0.0640 e. The lowest BCUT2D eigenvalue weighted by atomic mass is 9.87. The SMILES string of the molecule is c1ccc(-n2c3ccccc3c3cc(-n4c5ccc6cccc7c6c5-c5c6c(cccc64)ccc5n7-c4cccc5c4sc4ccccc45)ccc32)cc1. The Bertz CT molecular complexity index is 3610. The molecule has 0 spiro atoms. The van der Waals surface area contributed by atoms with E-state index in [-0.39, 0.29) is 0 Å². The van der Waals surface area contributed by atoms with Gasteiger partial charge in [-0.25, -0.2) is 0 Å². The summed E-state index contributed by atoms with van der Waals surface area (Å²) < 4.78 is 10.1. The minimum Gasteiger partial charge on any atom is -0.309 e. The fourth-order valence-electron chi connectivity index (χ4n) is 9.61. The Hall–Kier alpha value is -6.88. The van der Waals surface area contributed by atoms with E-state index in [9.17, 15) is 0 Å². The van der Waals surface area contributed by atoms with Gasteiger partial charge in [0.15, 0.2) is 0 Å². The molecule has 0 atom stereocenters. The van der Waals surface area contributed by atoms with E-state index in [4.69, 9.17) is 0 Å². The van der Waals surface area contributed by atoms with Crippen LogP contribution < -0.4 is 0 Å². The number of nitrogens with zero attached hydrogens (tertiary/aromatic N) is 3. The molecule has 3 nitrogen and oxygen atoms in total. The predicted molar refractivity (Wildman–Crippen MR) is 230 cm³/mol. The molecule has 0 aliphatic carbocycles. The molecule has 2 aliphatic rings. The first-order chi connectivity index (χ1) is 26.8. The van der Waals surface area contributed by atoms with E-state index in [2.05, 4.69) is 190 Å². The number of thiophene rings is 1. The van der Waals surface area contributed by atoms with Crippen molar-refractivity contribution >= 4 is 96.9 Å². The van der Waals surface area contributed by atoms with Crippen molar-refractivity contribution in [1.29, 1.82) is 0 Å². The highest BCUT2D eigenvalue weighted by Gasteiger charge is 2.27. The van der Waals surface area contributed by atoms with Crippen molar-refractivity contribution < 1.29 is 0 Å². The monoisotopic (exact) mass is 703 g/mol. The standard InChI is InChI=1S/C50H29N3S/c1-2-13-32(14-3-1)51-38-18-6-4-15-34(38)37-29-33(25-28-39(37)51)52-40-19-8-11-30-24-27-43-49(46(30)40)48-42(52)26-23-31-12-9-20-41(47(31)48)53(43)44-21-10-17-36-35-16-5-7-22-45(35)54-50(36)44/h1-29H. The van der Waals surface area contributed by atoms with E-state index in [1.165, 1.54) is 108 Å². The molecule has 0 N–H and O–H groups in total. The number of benzene rings is 9. The summed E-state index contributed by atoms with van der Waals surface area (Å²) in [5, 5.41) is 10.2. The summed E-state index contributed by atoms with van der Waals surface area (Å²) in [5.41, 5.74) is 13.5. The van der Waals surface area contributed by atoms with Gasteiger partial charge in [-0.3, -0.25) is 0 Å². The summed E-state index contributed by atoms with van der Waals surface area (Å²) in [6.45, 7) is 0. The van der Waals surface area contributed by atoms with Crippen molar-refractivity contribution in [2.75, 3.05) is 0 Å². The molecular formula is C50H29N3S. The van der Waals surface area contributed by atoms with Gasteiger partial charge in [0.1, 0.15) is 0 Å². The van der Waals surface area contributed by atoms with Crippen molar-refractivity contribution in [1.82, 2.24) is 13.7 Å². The molecule has 2 aromatic heterocycles. The average Bonchev–Trinajstić information content (AvgIpc) is 3.78. The lowest BCUT2D eigenvalue weighted by Crippen LogP contribution is -2.10. The smallest absolute Gasteiger partial charge is 0.0640 e. The Balaban J connectivity index is 1.18. The molecule has 250 valence electrons. The molecule has 0 radical (unpaired) electrons. The van der Waals surface area contributed by atoms with Crippen LogP contribution in [0.15, 0.2) is 176 Å². The van der Waals surface area contributed by atoms with Gasteiger partial charge in [-0.1, -0.05) is 103 Å². The summed E-state index contributed by atoms with van der Waals surface area (Å²) in [6.07, 6.45) is 0. The zero-order valence-corrected chi connectivity index (χ0v) is 29.8.